The smallest absolute Gasteiger partial charge is 0.311 e. The Morgan fingerprint density at radius 2 is 1.88 bits per heavy atom. The Kier molecular flexibility index (Phi) is 6.52. The molecule has 0 radical (unpaired) electrons. The van der Waals surface area contributed by atoms with E-state index in [0.717, 1.165) is 12.1 Å². The highest BCUT2D eigenvalue weighted by Gasteiger charge is 2.19. The standard InChI is InChI=1S/C18H16ClF2NO4/c1-10(18(24)22-12-4-5-14(20)13(19)9-12)26-17(23)8-11-3-6-16(25-2)15(21)7-11/h3-7,9-10H,8H2,1-2H3,(H,22,24)/t10-/m1/s1. The number of nitrogens with one attached hydrogen (secondary N) is 1. The fraction of sp³-hybridized carbons (Fsp3) is 0.222. The van der Waals surface area contributed by atoms with Gasteiger partial charge >= 0.3 is 5.97 Å². The van der Waals surface area contributed by atoms with Crippen molar-refractivity contribution in [1.29, 1.82) is 0 Å². The molecule has 2 aromatic rings. The molecule has 138 valence electrons. The number of amides is 1. The molecular formula is C18H16ClF2NO4. The minimum atomic E-state index is -1.10. The van der Waals surface area contributed by atoms with Gasteiger partial charge in [-0.1, -0.05) is 17.7 Å². The van der Waals surface area contributed by atoms with E-state index in [1.807, 2.05) is 0 Å². The second kappa shape index (κ2) is 8.62. The Balaban J connectivity index is 1.92. The van der Waals surface area contributed by atoms with Crippen molar-refractivity contribution in [3.8, 4) is 5.75 Å². The molecule has 0 aliphatic rings. The van der Waals surface area contributed by atoms with Crippen molar-refractivity contribution in [2.45, 2.75) is 19.4 Å². The molecule has 1 amide bonds. The van der Waals surface area contributed by atoms with Crippen LogP contribution in [0.2, 0.25) is 5.02 Å². The summed E-state index contributed by atoms with van der Waals surface area (Å²) in [6.07, 6.45) is -1.31. The normalized spacial score (nSPS) is 11.6. The lowest BCUT2D eigenvalue weighted by Crippen LogP contribution is -2.30. The number of benzene rings is 2. The number of rotatable bonds is 6. The van der Waals surface area contributed by atoms with Crippen LogP contribution in [0.25, 0.3) is 0 Å². The first-order valence-corrected chi connectivity index (χ1v) is 7.95. The molecule has 5 nitrogen and oxygen atoms in total. The largest absolute Gasteiger partial charge is 0.494 e. The SMILES string of the molecule is COc1ccc(CC(=O)O[C@H](C)C(=O)Nc2ccc(F)c(Cl)c2)cc1F. The van der Waals surface area contributed by atoms with E-state index in [1.165, 1.54) is 38.3 Å². The number of carbonyl (C=O) groups excluding carboxylic acids is 2. The van der Waals surface area contributed by atoms with Crippen LogP contribution in [0.15, 0.2) is 36.4 Å². The van der Waals surface area contributed by atoms with Gasteiger partial charge in [-0.25, -0.2) is 8.78 Å². The van der Waals surface area contributed by atoms with Crippen molar-refractivity contribution >= 4 is 29.2 Å². The van der Waals surface area contributed by atoms with Gasteiger partial charge in [-0.3, -0.25) is 9.59 Å². The monoisotopic (exact) mass is 383 g/mol. The van der Waals surface area contributed by atoms with Crippen LogP contribution in [0, 0.1) is 11.6 Å². The zero-order chi connectivity index (χ0) is 19.3. The van der Waals surface area contributed by atoms with Gasteiger partial charge in [-0.05, 0) is 42.8 Å². The Bertz CT molecular complexity index is 829. The van der Waals surface area contributed by atoms with Crippen LogP contribution < -0.4 is 10.1 Å². The lowest BCUT2D eigenvalue weighted by Gasteiger charge is -2.14. The van der Waals surface area contributed by atoms with Crippen LogP contribution in [0.4, 0.5) is 14.5 Å². The van der Waals surface area contributed by atoms with Crippen LogP contribution in [-0.4, -0.2) is 25.1 Å². The lowest BCUT2D eigenvalue weighted by molar-refractivity contribution is -0.152. The van der Waals surface area contributed by atoms with E-state index in [-0.39, 0.29) is 22.9 Å². The molecule has 0 heterocycles. The second-order valence-electron chi connectivity index (χ2n) is 5.40. The fourth-order valence-electron chi connectivity index (χ4n) is 2.10. The van der Waals surface area contributed by atoms with Crippen molar-refractivity contribution < 1.29 is 27.8 Å². The average Bonchev–Trinajstić information content (AvgIpc) is 2.58. The lowest BCUT2D eigenvalue weighted by atomic mass is 10.1. The fourth-order valence-corrected chi connectivity index (χ4v) is 2.28. The van der Waals surface area contributed by atoms with Gasteiger partial charge in [0.2, 0.25) is 0 Å². The molecule has 2 aromatic carbocycles. The molecule has 8 heteroatoms. The summed E-state index contributed by atoms with van der Waals surface area (Å²) in [7, 11) is 1.33. The minimum Gasteiger partial charge on any atom is -0.494 e. The van der Waals surface area contributed by atoms with E-state index in [0.29, 0.717) is 5.56 Å². The first-order chi connectivity index (χ1) is 12.3. The molecule has 0 bridgehead atoms. The van der Waals surface area contributed by atoms with E-state index >= 15 is 0 Å². The van der Waals surface area contributed by atoms with Crippen molar-refractivity contribution in [2.24, 2.45) is 0 Å². The molecule has 0 fully saturated rings. The number of ether oxygens (including phenoxy) is 2. The maximum absolute atomic E-state index is 13.6. The molecule has 2 rings (SSSR count). The van der Waals surface area contributed by atoms with Crippen molar-refractivity contribution in [3.05, 3.63) is 58.6 Å². The summed E-state index contributed by atoms with van der Waals surface area (Å²) in [5.74, 6) is -2.46. The average molecular weight is 384 g/mol. The van der Waals surface area contributed by atoms with Gasteiger partial charge in [-0.15, -0.1) is 0 Å². The Hall–Kier alpha value is -2.67. The molecule has 0 aliphatic carbocycles. The third-order valence-corrected chi connectivity index (χ3v) is 3.72. The molecular weight excluding hydrogens is 368 g/mol. The van der Waals surface area contributed by atoms with Gasteiger partial charge in [0.15, 0.2) is 17.7 Å². The molecule has 0 spiro atoms. The third-order valence-electron chi connectivity index (χ3n) is 3.43. The highest BCUT2D eigenvalue weighted by molar-refractivity contribution is 6.31. The first-order valence-electron chi connectivity index (χ1n) is 7.58. The van der Waals surface area contributed by atoms with Gasteiger partial charge in [0, 0.05) is 5.69 Å². The van der Waals surface area contributed by atoms with E-state index in [2.05, 4.69) is 5.32 Å². The second-order valence-corrected chi connectivity index (χ2v) is 5.80. The summed E-state index contributed by atoms with van der Waals surface area (Å²) in [5, 5.41) is 2.31. The summed E-state index contributed by atoms with van der Waals surface area (Å²) >= 11 is 5.63. The summed E-state index contributed by atoms with van der Waals surface area (Å²) in [6, 6.07) is 7.75. The highest BCUT2D eigenvalue weighted by Crippen LogP contribution is 2.20. The van der Waals surface area contributed by atoms with Crippen LogP contribution in [-0.2, 0) is 20.7 Å². The summed E-state index contributed by atoms with van der Waals surface area (Å²) in [6.45, 7) is 1.38. The Labute approximate surface area is 153 Å². The van der Waals surface area contributed by atoms with Gasteiger partial charge in [0.05, 0.1) is 18.6 Å². The van der Waals surface area contributed by atoms with E-state index in [1.54, 1.807) is 0 Å². The van der Waals surface area contributed by atoms with E-state index < -0.39 is 29.6 Å². The van der Waals surface area contributed by atoms with Crippen LogP contribution in [0.1, 0.15) is 12.5 Å². The zero-order valence-electron chi connectivity index (χ0n) is 14.0. The minimum absolute atomic E-state index is 0.0628. The summed E-state index contributed by atoms with van der Waals surface area (Å²) < 4.78 is 36.5. The number of hydrogen-bond donors (Lipinski definition) is 1. The third kappa shape index (κ3) is 5.16. The van der Waals surface area contributed by atoms with Crippen molar-refractivity contribution in [2.75, 3.05) is 12.4 Å². The Morgan fingerprint density at radius 1 is 1.15 bits per heavy atom. The summed E-state index contributed by atoms with van der Waals surface area (Å²) in [5.41, 5.74) is 0.646. The van der Waals surface area contributed by atoms with Crippen molar-refractivity contribution in [1.82, 2.24) is 0 Å². The molecule has 26 heavy (non-hydrogen) atoms. The molecule has 0 aliphatic heterocycles. The van der Waals surface area contributed by atoms with Gasteiger partial charge in [0.25, 0.3) is 5.91 Å². The van der Waals surface area contributed by atoms with Crippen LogP contribution in [0.5, 0.6) is 5.75 Å². The Morgan fingerprint density at radius 3 is 2.50 bits per heavy atom. The number of methoxy groups -OCH3 is 1. The number of carbonyl (C=O) groups is 2. The van der Waals surface area contributed by atoms with Gasteiger partial charge < -0.3 is 14.8 Å². The molecule has 0 saturated heterocycles. The number of esters is 1. The topological polar surface area (TPSA) is 64.6 Å². The van der Waals surface area contributed by atoms with E-state index in [9.17, 15) is 18.4 Å². The van der Waals surface area contributed by atoms with Crippen LogP contribution >= 0.6 is 11.6 Å². The number of hydrogen-bond acceptors (Lipinski definition) is 4. The molecule has 0 unspecified atom stereocenters. The number of anilines is 1. The maximum Gasteiger partial charge on any atom is 0.311 e. The van der Waals surface area contributed by atoms with Crippen LogP contribution in [0.3, 0.4) is 0 Å². The van der Waals surface area contributed by atoms with Gasteiger partial charge in [-0.2, -0.15) is 0 Å². The molecule has 1 N–H and O–H groups in total. The molecule has 0 saturated carbocycles. The van der Waals surface area contributed by atoms with Crippen molar-refractivity contribution in [3.63, 3.8) is 0 Å². The predicted octanol–water partition coefficient (Wildman–Crippen LogP) is 3.74. The molecule has 0 aromatic heterocycles. The quantitative estimate of drug-likeness (QED) is 0.772. The zero-order valence-corrected chi connectivity index (χ0v) is 14.8. The summed E-state index contributed by atoms with van der Waals surface area (Å²) in [4.78, 5) is 24.0. The maximum atomic E-state index is 13.6. The number of halogens is 3. The molecule has 1 atom stereocenters. The van der Waals surface area contributed by atoms with Gasteiger partial charge in [0.1, 0.15) is 5.82 Å². The first kappa shape index (κ1) is 19.7. The highest BCUT2D eigenvalue weighted by atomic mass is 35.5. The van der Waals surface area contributed by atoms with E-state index in [4.69, 9.17) is 21.1 Å². The predicted molar refractivity (Wildman–Crippen MR) is 92.2 cm³/mol.